The number of piperazine rings is 1. The normalized spacial score (nSPS) is 21.2. The summed E-state index contributed by atoms with van der Waals surface area (Å²) in [4.78, 5) is 17.1. The molecule has 2 aliphatic rings. The molecule has 0 radical (unpaired) electrons. The SMILES string of the molecule is CN1CCN(C2(CNC(=O)Nc3cc(F)cc(Cl)c3)CCCC2)CC1. The van der Waals surface area contributed by atoms with Crippen molar-refractivity contribution < 1.29 is 9.18 Å². The van der Waals surface area contributed by atoms with E-state index < -0.39 is 5.82 Å². The van der Waals surface area contributed by atoms with Gasteiger partial charge in [0.05, 0.1) is 0 Å². The van der Waals surface area contributed by atoms with E-state index in [-0.39, 0.29) is 16.6 Å². The third kappa shape index (κ3) is 4.63. The molecule has 0 spiro atoms. The molecule has 0 unspecified atom stereocenters. The Labute approximate surface area is 153 Å². The first kappa shape index (κ1) is 18.4. The van der Waals surface area contributed by atoms with Gasteiger partial charge in [-0.2, -0.15) is 0 Å². The van der Waals surface area contributed by atoms with Crippen LogP contribution in [0.1, 0.15) is 25.7 Å². The van der Waals surface area contributed by atoms with Crippen molar-refractivity contribution in [3.05, 3.63) is 29.0 Å². The molecule has 1 saturated carbocycles. The molecular formula is C18H26ClFN4O. The molecule has 1 aromatic rings. The summed E-state index contributed by atoms with van der Waals surface area (Å²) in [7, 11) is 2.15. The topological polar surface area (TPSA) is 47.6 Å². The maximum absolute atomic E-state index is 13.4. The highest BCUT2D eigenvalue weighted by Gasteiger charge is 2.40. The third-order valence-corrected chi connectivity index (χ3v) is 5.63. The van der Waals surface area contributed by atoms with E-state index in [1.165, 1.54) is 31.0 Å². The van der Waals surface area contributed by atoms with Crippen molar-refractivity contribution in [2.75, 3.05) is 45.1 Å². The maximum Gasteiger partial charge on any atom is 0.319 e. The first-order chi connectivity index (χ1) is 12.0. The molecule has 0 aromatic heterocycles. The zero-order valence-electron chi connectivity index (χ0n) is 14.7. The first-order valence-corrected chi connectivity index (χ1v) is 9.29. The molecule has 0 bridgehead atoms. The number of nitrogens with zero attached hydrogens (tertiary/aromatic N) is 2. The number of amides is 2. The van der Waals surface area contributed by atoms with Gasteiger partial charge in [-0.1, -0.05) is 24.4 Å². The lowest BCUT2D eigenvalue weighted by Gasteiger charge is -2.45. The van der Waals surface area contributed by atoms with Crippen LogP contribution in [-0.4, -0.2) is 61.1 Å². The molecule has 1 saturated heterocycles. The van der Waals surface area contributed by atoms with E-state index in [9.17, 15) is 9.18 Å². The number of likely N-dealkylation sites (N-methyl/N-ethyl adjacent to an activating group) is 1. The minimum absolute atomic E-state index is 0.0538. The fraction of sp³-hybridized carbons (Fsp3) is 0.611. The fourth-order valence-corrected chi connectivity index (χ4v) is 4.19. The number of carbonyl (C=O) groups is 1. The number of nitrogens with one attached hydrogen (secondary N) is 2. The molecule has 0 atom stereocenters. The summed E-state index contributed by atoms with van der Waals surface area (Å²) in [6.07, 6.45) is 4.63. The van der Waals surface area contributed by atoms with Crippen LogP contribution in [-0.2, 0) is 0 Å². The van der Waals surface area contributed by atoms with Gasteiger partial charge in [-0.15, -0.1) is 0 Å². The summed E-state index contributed by atoms with van der Waals surface area (Å²) in [6, 6.07) is 3.70. The zero-order chi connectivity index (χ0) is 17.9. The van der Waals surface area contributed by atoms with Crippen molar-refractivity contribution in [1.82, 2.24) is 15.1 Å². The lowest BCUT2D eigenvalue weighted by atomic mass is 9.94. The average molecular weight is 369 g/mol. The molecule has 138 valence electrons. The van der Waals surface area contributed by atoms with E-state index in [4.69, 9.17) is 11.6 Å². The van der Waals surface area contributed by atoms with Crippen molar-refractivity contribution in [3.8, 4) is 0 Å². The van der Waals surface area contributed by atoms with Gasteiger partial charge < -0.3 is 15.5 Å². The minimum Gasteiger partial charge on any atom is -0.336 e. The Morgan fingerprint density at radius 2 is 1.88 bits per heavy atom. The predicted octanol–water partition coefficient (Wildman–Crippen LogP) is 3.16. The lowest BCUT2D eigenvalue weighted by Crippen LogP contribution is -2.59. The average Bonchev–Trinajstić information content (AvgIpc) is 3.03. The fourth-order valence-electron chi connectivity index (χ4n) is 3.96. The largest absolute Gasteiger partial charge is 0.336 e. The van der Waals surface area contributed by atoms with Gasteiger partial charge in [-0.05, 0) is 38.1 Å². The second kappa shape index (κ2) is 7.89. The number of anilines is 1. The molecule has 2 fully saturated rings. The Morgan fingerprint density at radius 1 is 1.20 bits per heavy atom. The van der Waals surface area contributed by atoms with E-state index in [1.54, 1.807) is 0 Å². The van der Waals surface area contributed by atoms with Gasteiger partial charge in [0, 0.05) is 49.0 Å². The van der Waals surface area contributed by atoms with Crippen molar-refractivity contribution in [2.24, 2.45) is 0 Å². The Hall–Kier alpha value is -1.37. The number of carbonyl (C=O) groups excluding carboxylic acids is 1. The van der Waals surface area contributed by atoms with Gasteiger partial charge in [-0.3, -0.25) is 4.90 Å². The molecule has 5 nitrogen and oxygen atoms in total. The molecule has 1 aliphatic heterocycles. The minimum atomic E-state index is -0.465. The zero-order valence-corrected chi connectivity index (χ0v) is 15.4. The smallest absolute Gasteiger partial charge is 0.319 e. The number of hydrogen-bond donors (Lipinski definition) is 2. The van der Waals surface area contributed by atoms with E-state index in [0.717, 1.165) is 39.0 Å². The Balaban J connectivity index is 1.58. The molecule has 1 heterocycles. The van der Waals surface area contributed by atoms with Gasteiger partial charge in [0.1, 0.15) is 5.82 Å². The van der Waals surface area contributed by atoms with Crippen LogP contribution in [0.3, 0.4) is 0 Å². The van der Waals surface area contributed by atoms with Gasteiger partial charge in [0.15, 0.2) is 0 Å². The van der Waals surface area contributed by atoms with Crippen molar-refractivity contribution in [3.63, 3.8) is 0 Å². The monoisotopic (exact) mass is 368 g/mol. The summed E-state index contributed by atoms with van der Waals surface area (Å²) < 4.78 is 13.4. The van der Waals surface area contributed by atoms with Gasteiger partial charge in [0.25, 0.3) is 0 Å². The Kier molecular flexibility index (Phi) is 5.81. The van der Waals surface area contributed by atoms with Crippen LogP contribution >= 0.6 is 11.6 Å². The number of halogens is 2. The molecule has 25 heavy (non-hydrogen) atoms. The molecule has 1 aliphatic carbocycles. The van der Waals surface area contributed by atoms with Gasteiger partial charge in [0.2, 0.25) is 0 Å². The van der Waals surface area contributed by atoms with Gasteiger partial charge in [-0.25, -0.2) is 9.18 Å². The Bertz CT molecular complexity index is 593. The first-order valence-electron chi connectivity index (χ1n) is 8.91. The van der Waals surface area contributed by atoms with Gasteiger partial charge >= 0.3 is 6.03 Å². The molecule has 7 heteroatoms. The van der Waals surface area contributed by atoms with E-state index in [2.05, 4.69) is 27.5 Å². The predicted molar refractivity (Wildman–Crippen MR) is 98.7 cm³/mol. The maximum atomic E-state index is 13.4. The van der Waals surface area contributed by atoms with Crippen LogP contribution in [0, 0.1) is 5.82 Å². The quantitative estimate of drug-likeness (QED) is 0.858. The highest BCUT2D eigenvalue weighted by molar-refractivity contribution is 6.30. The standard InChI is InChI=1S/C18H26ClFN4O/c1-23-6-8-24(9-7-23)18(4-2-3-5-18)13-21-17(25)22-16-11-14(19)10-15(20)12-16/h10-12H,2-9,13H2,1H3,(H2,21,22,25). The van der Waals surface area contributed by atoms with Crippen LogP contribution in [0.2, 0.25) is 5.02 Å². The highest BCUT2D eigenvalue weighted by Crippen LogP contribution is 2.35. The van der Waals surface area contributed by atoms with Crippen LogP contribution in [0.25, 0.3) is 0 Å². The van der Waals surface area contributed by atoms with E-state index in [1.807, 2.05) is 0 Å². The second-order valence-electron chi connectivity index (χ2n) is 7.19. The van der Waals surface area contributed by atoms with Crippen LogP contribution in [0.4, 0.5) is 14.9 Å². The molecule has 2 N–H and O–H groups in total. The molecular weight excluding hydrogens is 343 g/mol. The highest BCUT2D eigenvalue weighted by atomic mass is 35.5. The van der Waals surface area contributed by atoms with Crippen LogP contribution in [0.15, 0.2) is 18.2 Å². The summed E-state index contributed by atoms with van der Waals surface area (Å²) in [5.41, 5.74) is 0.417. The number of rotatable bonds is 4. The summed E-state index contributed by atoms with van der Waals surface area (Å²) in [5, 5.41) is 5.93. The molecule has 2 amide bonds. The number of benzene rings is 1. The van der Waals surface area contributed by atoms with Crippen molar-refractivity contribution >= 4 is 23.3 Å². The molecule has 3 rings (SSSR count). The number of hydrogen-bond acceptors (Lipinski definition) is 3. The summed E-state index contributed by atoms with van der Waals surface area (Å²) >= 11 is 5.83. The number of urea groups is 1. The Morgan fingerprint density at radius 3 is 2.52 bits per heavy atom. The van der Waals surface area contributed by atoms with Crippen molar-refractivity contribution in [2.45, 2.75) is 31.2 Å². The third-order valence-electron chi connectivity index (χ3n) is 5.41. The lowest BCUT2D eigenvalue weighted by molar-refractivity contribution is 0.0446. The van der Waals surface area contributed by atoms with E-state index in [0.29, 0.717) is 12.2 Å². The van der Waals surface area contributed by atoms with E-state index >= 15 is 0 Å². The second-order valence-corrected chi connectivity index (χ2v) is 7.62. The van der Waals surface area contributed by atoms with Crippen molar-refractivity contribution in [1.29, 1.82) is 0 Å². The molecule has 1 aromatic carbocycles. The summed E-state index contributed by atoms with van der Waals surface area (Å²) in [6.45, 7) is 4.83. The van der Waals surface area contributed by atoms with Crippen LogP contribution in [0.5, 0.6) is 0 Å². The van der Waals surface area contributed by atoms with Crippen LogP contribution < -0.4 is 10.6 Å². The summed E-state index contributed by atoms with van der Waals surface area (Å²) in [5.74, 6) is -0.465.